The number of nitrogens with one attached hydrogen (secondary N) is 1. The van der Waals surface area contributed by atoms with E-state index in [-0.39, 0.29) is 17.6 Å². The van der Waals surface area contributed by atoms with Crippen LogP contribution < -0.4 is 5.32 Å². The van der Waals surface area contributed by atoms with E-state index < -0.39 is 5.97 Å². The number of hydrogen-bond donors (Lipinski definition) is 3. The van der Waals surface area contributed by atoms with Gasteiger partial charge in [-0.05, 0) is 25.0 Å². The molecule has 1 heterocycles. The van der Waals surface area contributed by atoms with Crippen LogP contribution in [0.5, 0.6) is 0 Å². The number of hydrogen-bond acceptors (Lipinski definition) is 4. The Kier molecular flexibility index (Phi) is 2.78. The fourth-order valence-electron chi connectivity index (χ4n) is 1.47. The number of anilines is 1. The van der Waals surface area contributed by atoms with Crippen LogP contribution in [0.4, 0.5) is 5.82 Å². The summed E-state index contributed by atoms with van der Waals surface area (Å²) in [6.45, 7) is 0.871. The highest BCUT2D eigenvalue weighted by Crippen LogP contribution is 2.44. The third-order valence-corrected chi connectivity index (χ3v) is 2.95. The Morgan fingerprint density at radius 1 is 1.50 bits per heavy atom. The van der Waals surface area contributed by atoms with Gasteiger partial charge in [0.05, 0.1) is 12.2 Å². The monoisotopic (exact) mass is 222 g/mol. The molecular weight excluding hydrogens is 208 g/mol. The van der Waals surface area contributed by atoms with Crippen LogP contribution >= 0.6 is 0 Å². The molecule has 1 aromatic heterocycles. The highest BCUT2D eigenvalue weighted by molar-refractivity contribution is 5.87. The lowest BCUT2D eigenvalue weighted by Gasteiger charge is -2.12. The second kappa shape index (κ2) is 4.09. The van der Waals surface area contributed by atoms with Gasteiger partial charge < -0.3 is 15.5 Å². The Bertz CT molecular complexity index is 385. The smallest absolute Gasteiger partial charge is 0.337 e. The minimum absolute atomic E-state index is 0.0210. The van der Waals surface area contributed by atoms with Gasteiger partial charge in [-0.1, -0.05) is 0 Å². The Morgan fingerprint density at radius 2 is 2.25 bits per heavy atom. The van der Waals surface area contributed by atoms with Gasteiger partial charge in [-0.3, -0.25) is 0 Å². The summed E-state index contributed by atoms with van der Waals surface area (Å²) in [7, 11) is 0. The van der Waals surface area contributed by atoms with Crippen molar-refractivity contribution in [3.63, 3.8) is 0 Å². The van der Waals surface area contributed by atoms with Crippen LogP contribution in [0.2, 0.25) is 0 Å². The summed E-state index contributed by atoms with van der Waals surface area (Å²) in [4.78, 5) is 14.6. The number of nitrogens with zero attached hydrogens (tertiary/aromatic N) is 1. The second-order valence-corrected chi connectivity index (χ2v) is 4.25. The minimum atomic E-state index is -0.979. The van der Waals surface area contributed by atoms with Gasteiger partial charge in [0, 0.05) is 18.2 Å². The first-order valence-corrected chi connectivity index (χ1v) is 5.19. The van der Waals surface area contributed by atoms with E-state index in [9.17, 15) is 4.79 Å². The van der Waals surface area contributed by atoms with Gasteiger partial charge >= 0.3 is 5.97 Å². The van der Waals surface area contributed by atoms with Gasteiger partial charge in [0.1, 0.15) is 5.82 Å². The van der Waals surface area contributed by atoms with E-state index in [4.69, 9.17) is 10.2 Å². The van der Waals surface area contributed by atoms with E-state index in [2.05, 4.69) is 10.3 Å². The van der Waals surface area contributed by atoms with E-state index in [1.165, 1.54) is 12.3 Å². The molecule has 1 saturated carbocycles. The summed E-state index contributed by atoms with van der Waals surface area (Å²) in [6.07, 6.45) is 3.39. The minimum Gasteiger partial charge on any atom is -0.478 e. The third kappa shape index (κ3) is 2.30. The maximum absolute atomic E-state index is 10.6. The molecule has 0 aliphatic heterocycles. The first-order valence-electron chi connectivity index (χ1n) is 5.19. The summed E-state index contributed by atoms with van der Waals surface area (Å²) in [5, 5.41) is 20.9. The molecule has 1 aliphatic carbocycles. The predicted octanol–water partition coefficient (Wildman–Crippen LogP) is 0.964. The van der Waals surface area contributed by atoms with Crippen LogP contribution in [-0.4, -0.2) is 34.3 Å². The largest absolute Gasteiger partial charge is 0.478 e. The number of carboxylic acid groups (broad SMARTS) is 1. The molecule has 0 atom stereocenters. The van der Waals surface area contributed by atoms with Gasteiger partial charge in [0.25, 0.3) is 0 Å². The number of rotatable bonds is 5. The summed E-state index contributed by atoms with van der Waals surface area (Å²) in [5.41, 5.74) is 0.196. The summed E-state index contributed by atoms with van der Waals surface area (Å²) < 4.78 is 0. The van der Waals surface area contributed by atoms with Crippen molar-refractivity contribution in [3.8, 4) is 0 Å². The van der Waals surface area contributed by atoms with Crippen molar-refractivity contribution in [2.45, 2.75) is 12.8 Å². The van der Waals surface area contributed by atoms with Gasteiger partial charge in [-0.25, -0.2) is 9.78 Å². The van der Waals surface area contributed by atoms with Crippen molar-refractivity contribution in [1.29, 1.82) is 0 Å². The lowest BCUT2D eigenvalue weighted by molar-refractivity contribution is 0.0696. The Labute approximate surface area is 93.1 Å². The van der Waals surface area contributed by atoms with Crippen LogP contribution in [0.15, 0.2) is 18.3 Å². The molecule has 0 spiro atoms. The van der Waals surface area contributed by atoms with E-state index >= 15 is 0 Å². The molecule has 0 bridgehead atoms. The molecule has 5 nitrogen and oxygen atoms in total. The van der Waals surface area contributed by atoms with Crippen molar-refractivity contribution < 1.29 is 15.0 Å². The van der Waals surface area contributed by atoms with Crippen molar-refractivity contribution in [1.82, 2.24) is 4.98 Å². The molecule has 1 aromatic rings. The molecule has 0 unspecified atom stereocenters. The second-order valence-electron chi connectivity index (χ2n) is 4.25. The van der Waals surface area contributed by atoms with Gasteiger partial charge in [0.2, 0.25) is 0 Å². The maximum atomic E-state index is 10.6. The molecule has 86 valence electrons. The molecule has 3 N–H and O–H groups in total. The number of aliphatic hydroxyl groups is 1. The number of aromatic carboxylic acids is 1. The molecule has 2 rings (SSSR count). The molecule has 1 fully saturated rings. The highest BCUT2D eigenvalue weighted by Gasteiger charge is 2.41. The Morgan fingerprint density at radius 3 is 2.69 bits per heavy atom. The summed E-state index contributed by atoms with van der Waals surface area (Å²) in [6, 6.07) is 3.15. The zero-order valence-electron chi connectivity index (χ0n) is 8.81. The number of aromatic nitrogens is 1. The Balaban J connectivity index is 1.93. The van der Waals surface area contributed by atoms with Crippen molar-refractivity contribution in [2.24, 2.45) is 5.41 Å². The number of carboxylic acids is 1. The third-order valence-electron chi connectivity index (χ3n) is 2.95. The highest BCUT2D eigenvalue weighted by atomic mass is 16.4. The number of carbonyl (C=O) groups is 1. The number of aliphatic hydroxyl groups excluding tert-OH is 1. The summed E-state index contributed by atoms with van der Waals surface area (Å²) in [5.74, 6) is -0.335. The predicted molar refractivity (Wildman–Crippen MR) is 58.4 cm³/mol. The molecule has 0 aromatic carbocycles. The molecule has 0 saturated heterocycles. The normalized spacial score (nSPS) is 16.8. The molecular formula is C11H14N2O3. The van der Waals surface area contributed by atoms with Crippen LogP contribution in [-0.2, 0) is 0 Å². The van der Waals surface area contributed by atoms with Gasteiger partial charge in [-0.2, -0.15) is 0 Å². The van der Waals surface area contributed by atoms with Gasteiger partial charge in [0.15, 0.2) is 0 Å². The average Bonchev–Trinajstić information content (AvgIpc) is 3.08. The zero-order chi connectivity index (χ0) is 11.6. The first kappa shape index (κ1) is 10.9. The fourth-order valence-corrected chi connectivity index (χ4v) is 1.47. The molecule has 16 heavy (non-hydrogen) atoms. The summed E-state index contributed by atoms with van der Waals surface area (Å²) >= 11 is 0. The van der Waals surface area contributed by atoms with Crippen LogP contribution in [0, 0.1) is 5.41 Å². The van der Waals surface area contributed by atoms with Crippen LogP contribution in [0.25, 0.3) is 0 Å². The van der Waals surface area contributed by atoms with E-state index in [0.717, 1.165) is 12.8 Å². The van der Waals surface area contributed by atoms with E-state index in [1.54, 1.807) is 6.07 Å². The van der Waals surface area contributed by atoms with Crippen molar-refractivity contribution in [2.75, 3.05) is 18.5 Å². The zero-order valence-corrected chi connectivity index (χ0v) is 8.81. The quantitative estimate of drug-likeness (QED) is 0.691. The molecule has 0 radical (unpaired) electrons. The lowest BCUT2D eigenvalue weighted by atomic mass is 10.1. The fraction of sp³-hybridized carbons (Fsp3) is 0.455. The molecule has 0 amide bonds. The molecule has 1 aliphatic rings. The SMILES string of the molecule is O=C(O)c1ccc(NCC2(CO)CC2)nc1. The lowest BCUT2D eigenvalue weighted by Crippen LogP contribution is -2.19. The van der Waals surface area contributed by atoms with Crippen molar-refractivity contribution >= 4 is 11.8 Å². The van der Waals surface area contributed by atoms with Crippen molar-refractivity contribution in [3.05, 3.63) is 23.9 Å². The number of pyridine rings is 1. The van der Waals surface area contributed by atoms with E-state index in [1.807, 2.05) is 0 Å². The maximum Gasteiger partial charge on any atom is 0.337 e. The van der Waals surface area contributed by atoms with Crippen LogP contribution in [0.3, 0.4) is 0 Å². The first-order chi connectivity index (χ1) is 7.65. The molecule has 5 heteroatoms. The topological polar surface area (TPSA) is 82.5 Å². The van der Waals surface area contributed by atoms with E-state index in [0.29, 0.717) is 12.4 Å². The van der Waals surface area contributed by atoms with Crippen LogP contribution in [0.1, 0.15) is 23.2 Å². The van der Waals surface area contributed by atoms with Gasteiger partial charge in [-0.15, -0.1) is 0 Å². The average molecular weight is 222 g/mol. The standard InChI is InChI=1S/C11H14N2O3/c14-7-11(3-4-11)6-13-9-2-1-8(5-12-9)10(15)16/h1-2,5,14H,3-4,6-7H2,(H,12,13)(H,15,16). The Hall–Kier alpha value is -1.62.